The highest BCUT2D eigenvalue weighted by atomic mass is 16.7. The molecule has 1 aliphatic carbocycles. The van der Waals surface area contributed by atoms with Gasteiger partial charge in [-0.05, 0) is 64.2 Å². The minimum atomic E-state index is -1.58. The molecular formula is C27H38O7. The maximum Gasteiger partial charge on any atom is 0.234 e. The fourth-order valence-electron chi connectivity index (χ4n) is 5.47. The number of aliphatic hydroxyl groups excluding tert-OH is 4. The van der Waals surface area contributed by atoms with Crippen molar-refractivity contribution >= 4 is 0 Å². The number of ether oxygens (including phenoxy) is 3. The van der Waals surface area contributed by atoms with Crippen LogP contribution in [0.25, 0.3) is 0 Å². The molecule has 0 radical (unpaired) electrons. The van der Waals surface area contributed by atoms with E-state index >= 15 is 0 Å². The van der Waals surface area contributed by atoms with Gasteiger partial charge in [0.2, 0.25) is 6.29 Å². The van der Waals surface area contributed by atoms with Gasteiger partial charge in [0, 0.05) is 17.4 Å². The van der Waals surface area contributed by atoms with Crippen molar-refractivity contribution in [3.8, 4) is 11.5 Å². The van der Waals surface area contributed by atoms with Crippen LogP contribution in [0.1, 0.15) is 76.8 Å². The monoisotopic (exact) mass is 474 g/mol. The van der Waals surface area contributed by atoms with Gasteiger partial charge in [-0.15, -0.1) is 0 Å². The number of aryl methyl sites for hydroxylation is 1. The van der Waals surface area contributed by atoms with Crippen LogP contribution in [0.2, 0.25) is 0 Å². The first-order valence-corrected chi connectivity index (χ1v) is 12.4. The maximum atomic E-state index is 10.5. The zero-order chi connectivity index (χ0) is 24.6. The van der Waals surface area contributed by atoms with Crippen LogP contribution in [0.15, 0.2) is 35.3 Å². The van der Waals surface area contributed by atoms with Crippen LogP contribution in [0.3, 0.4) is 0 Å². The zero-order valence-corrected chi connectivity index (χ0v) is 20.6. The van der Waals surface area contributed by atoms with E-state index in [1.54, 1.807) is 0 Å². The molecule has 1 aromatic rings. The molecule has 2 aliphatic heterocycles. The van der Waals surface area contributed by atoms with Gasteiger partial charge in [-0.2, -0.15) is 0 Å². The molecule has 0 saturated heterocycles. The molecule has 4 N–H and O–H groups in total. The fraction of sp³-hybridized carbons (Fsp3) is 0.630. The summed E-state index contributed by atoms with van der Waals surface area (Å²) in [6.07, 6.45) is 4.42. The van der Waals surface area contributed by atoms with Crippen molar-refractivity contribution in [1.82, 2.24) is 0 Å². The van der Waals surface area contributed by atoms with Gasteiger partial charge in [-0.1, -0.05) is 31.4 Å². The van der Waals surface area contributed by atoms with Gasteiger partial charge in [-0.25, -0.2) is 0 Å². The third-order valence-corrected chi connectivity index (χ3v) is 7.39. The number of fused-ring (bicyclic) bond motifs is 3. The third kappa shape index (κ3) is 4.66. The summed E-state index contributed by atoms with van der Waals surface area (Å²) in [6.45, 7) is 8.03. The number of hydrogen-bond acceptors (Lipinski definition) is 7. The van der Waals surface area contributed by atoms with Crippen molar-refractivity contribution < 1.29 is 34.6 Å². The van der Waals surface area contributed by atoms with E-state index in [1.807, 2.05) is 6.07 Å². The van der Waals surface area contributed by atoms with Crippen molar-refractivity contribution in [3.63, 3.8) is 0 Å². The number of hydrogen-bond donors (Lipinski definition) is 4. The fourth-order valence-corrected chi connectivity index (χ4v) is 5.47. The maximum absolute atomic E-state index is 10.5. The Hall–Kier alpha value is -2.22. The molecule has 0 saturated carbocycles. The van der Waals surface area contributed by atoms with Gasteiger partial charge in [0.15, 0.2) is 17.6 Å². The van der Waals surface area contributed by atoms with Crippen LogP contribution in [0.5, 0.6) is 11.5 Å². The van der Waals surface area contributed by atoms with Crippen LogP contribution in [-0.4, -0.2) is 51.1 Å². The Morgan fingerprint density at radius 1 is 1.15 bits per heavy atom. The normalized spacial score (nSPS) is 30.2. The zero-order valence-electron chi connectivity index (χ0n) is 20.6. The summed E-state index contributed by atoms with van der Waals surface area (Å²) >= 11 is 0. The molecule has 2 heterocycles. The molecule has 0 fully saturated rings. The minimum Gasteiger partial charge on any atom is -0.506 e. The smallest absolute Gasteiger partial charge is 0.234 e. The van der Waals surface area contributed by atoms with E-state index in [2.05, 4.69) is 39.8 Å². The number of benzene rings is 1. The number of unbranched alkanes of at least 4 members (excludes halogenated alkanes) is 2. The van der Waals surface area contributed by atoms with Gasteiger partial charge in [0.25, 0.3) is 0 Å². The van der Waals surface area contributed by atoms with Gasteiger partial charge < -0.3 is 34.6 Å². The SMILES string of the molecule is CCCCCc1cc(O[C@@H]2OC(CO)C(O)=C(O)C2O)c2c(c1)OC(C)(C)[C@@H]1CCC(C)=C[C@@H]21. The van der Waals surface area contributed by atoms with Crippen molar-refractivity contribution in [2.45, 2.75) is 96.2 Å². The second-order valence-corrected chi connectivity index (χ2v) is 10.4. The molecule has 0 bridgehead atoms. The Bertz CT molecular complexity index is 964. The molecule has 188 valence electrons. The van der Waals surface area contributed by atoms with Crippen LogP contribution < -0.4 is 9.47 Å². The minimum absolute atomic E-state index is 0.0825. The van der Waals surface area contributed by atoms with Crippen LogP contribution in [-0.2, 0) is 11.2 Å². The average molecular weight is 475 g/mol. The van der Waals surface area contributed by atoms with Gasteiger partial charge in [0.1, 0.15) is 23.2 Å². The second-order valence-electron chi connectivity index (χ2n) is 10.4. The van der Waals surface area contributed by atoms with E-state index < -0.39 is 36.6 Å². The summed E-state index contributed by atoms with van der Waals surface area (Å²) in [5.74, 6) is 0.423. The lowest BCUT2D eigenvalue weighted by Gasteiger charge is -2.47. The van der Waals surface area contributed by atoms with Crippen LogP contribution in [0, 0.1) is 5.92 Å². The summed E-state index contributed by atoms with van der Waals surface area (Å²) in [5.41, 5.74) is 2.96. The molecular weight excluding hydrogens is 436 g/mol. The molecule has 1 aromatic carbocycles. The Kier molecular flexibility index (Phi) is 7.17. The standard InChI is InChI=1S/C27H38O7/c1-5-6-7-8-16-12-19(32-26-25(31)24(30)23(29)21(14-28)33-26)22-17-11-15(2)9-10-18(17)27(3,4)34-20(22)13-16/h11-13,17-18,21,25-26,28-31H,5-10,14H2,1-4H3/t17-,18-,21?,25?,26-/m1/s1. The number of rotatable bonds is 7. The first-order chi connectivity index (χ1) is 16.2. The van der Waals surface area contributed by atoms with E-state index in [0.29, 0.717) is 5.75 Å². The lowest BCUT2D eigenvalue weighted by atomic mass is 9.68. The van der Waals surface area contributed by atoms with Gasteiger partial charge >= 0.3 is 0 Å². The molecule has 5 atom stereocenters. The van der Waals surface area contributed by atoms with Crippen molar-refractivity contribution in [1.29, 1.82) is 0 Å². The predicted molar refractivity (Wildman–Crippen MR) is 128 cm³/mol. The summed E-state index contributed by atoms with van der Waals surface area (Å²) in [6, 6.07) is 4.08. The average Bonchev–Trinajstić information content (AvgIpc) is 2.78. The first-order valence-electron chi connectivity index (χ1n) is 12.4. The highest BCUT2D eigenvalue weighted by molar-refractivity contribution is 5.54. The molecule has 2 unspecified atom stereocenters. The Labute approximate surface area is 201 Å². The molecule has 0 spiro atoms. The molecule has 34 heavy (non-hydrogen) atoms. The van der Waals surface area contributed by atoms with Crippen molar-refractivity contribution in [3.05, 3.63) is 46.4 Å². The highest BCUT2D eigenvalue weighted by Crippen LogP contribution is 2.54. The van der Waals surface area contributed by atoms with Crippen LogP contribution >= 0.6 is 0 Å². The van der Waals surface area contributed by atoms with E-state index in [9.17, 15) is 20.4 Å². The largest absolute Gasteiger partial charge is 0.506 e. The summed E-state index contributed by atoms with van der Waals surface area (Å²) in [4.78, 5) is 0. The number of aliphatic hydroxyl groups is 4. The Morgan fingerprint density at radius 2 is 1.91 bits per heavy atom. The molecule has 4 rings (SSSR count). The molecule has 7 heteroatoms. The summed E-state index contributed by atoms with van der Waals surface area (Å²) < 4.78 is 18.4. The summed E-state index contributed by atoms with van der Waals surface area (Å²) in [5, 5.41) is 40.3. The van der Waals surface area contributed by atoms with Crippen molar-refractivity contribution in [2.75, 3.05) is 6.61 Å². The second kappa shape index (κ2) is 9.80. The van der Waals surface area contributed by atoms with Gasteiger partial charge in [0.05, 0.1) is 6.61 Å². The molecule has 0 aromatic heterocycles. The molecule has 7 nitrogen and oxygen atoms in total. The number of allylic oxidation sites excluding steroid dienone is 2. The van der Waals surface area contributed by atoms with E-state index in [-0.39, 0.29) is 17.4 Å². The topological polar surface area (TPSA) is 109 Å². The highest BCUT2D eigenvalue weighted by Gasteiger charge is 2.46. The van der Waals surface area contributed by atoms with E-state index in [1.165, 1.54) is 5.57 Å². The summed E-state index contributed by atoms with van der Waals surface area (Å²) in [7, 11) is 0. The molecule has 0 amide bonds. The quantitative estimate of drug-likeness (QED) is 0.332. The first kappa shape index (κ1) is 24.9. The van der Waals surface area contributed by atoms with E-state index in [4.69, 9.17) is 14.2 Å². The van der Waals surface area contributed by atoms with Crippen molar-refractivity contribution in [2.24, 2.45) is 5.92 Å². The Morgan fingerprint density at radius 3 is 2.62 bits per heavy atom. The van der Waals surface area contributed by atoms with E-state index in [0.717, 1.165) is 55.4 Å². The Balaban J connectivity index is 1.77. The molecule has 3 aliphatic rings. The van der Waals surface area contributed by atoms with Crippen LogP contribution in [0.4, 0.5) is 0 Å². The lowest BCUT2D eigenvalue weighted by molar-refractivity contribution is -0.192. The lowest BCUT2D eigenvalue weighted by Crippen LogP contribution is -2.47. The predicted octanol–water partition coefficient (Wildman–Crippen LogP) is 4.81. The third-order valence-electron chi connectivity index (χ3n) is 7.39. The van der Waals surface area contributed by atoms with Gasteiger partial charge in [-0.3, -0.25) is 0 Å².